The number of aryl methyl sites for hydroxylation is 1. The molecule has 3 aromatic rings. The van der Waals surface area contributed by atoms with Crippen molar-refractivity contribution in [3.8, 4) is 11.1 Å². The van der Waals surface area contributed by atoms with Crippen molar-refractivity contribution in [3.63, 3.8) is 0 Å². The van der Waals surface area contributed by atoms with Crippen LogP contribution in [0.5, 0.6) is 0 Å². The molecule has 22 heavy (non-hydrogen) atoms. The molecule has 1 aromatic carbocycles. The molecule has 0 aliphatic rings. The third-order valence-electron chi connectivity index (χ3n) is 3.54. The summed E-state index contributed by atoms with van der Waals surface area (Å²) in [7, 11) is 1.34. The summed E-state index contributed by atoms with van der Waals surface area (Å²) < 4.78 is 5.37. The fourth-order valence-electron chi connectivity index (χ4n) is 2.46. The molecular formula is C17H13BrN2O2. The highest BCUT2D eigenvalue weighted by atomic mass is 79.9. The van der Waals surface area contributed by atoms with E-state index in [1.165, 1.54) is 7.11 Å². The molecule has 0 spiro atoms. The van der Waals surface area contributed by atoms with Gasteiger partial charge in [-0.3, -0.25) is 4.98 Å². The monoisotopic (exact) mass is 356 g/mol. The van der Waals surface area contributed by atoms with Gasteiger partial charge in [0.2, 0.25) is 0 Å². The van der Waals surface area contributed by atoms with Crippen molar-refractivity contribution in [2.45, 2.75) is 6.92 Å². The smallest absolute Gasteiger partial charge is 0.357 e. The molecule has 0 amide bonds. The van der Waals surface area contributed by atoms with Crippen molar-refractivity contribution in [3.05, 3.63) is 58.5 Å². The predicted octanol–water partition coefficient (Wildman–Crippen LogP) is 4.15. The molecule has 0 bridgehead atoms. The highest BCUT2D eigenvalue weighted by Gasteiger charge is 2.19. The van der Waals surface area contributed by atoms with Gasteiger partial charge in [0.1, 0.15) is 4.60 Å². The summed E-state index contributed by atoms with van der Waals surface area (Å²) in [4.78, 5) is 20.6. The zero-order valence-electron chi connectivity index (χ0n) is 12.1. The molecule has 0 unspecified atom stereocenters. The van der Waals surface area contributed by atoms with E-state index >= 15 is 0 Å². The van der Waals surface area contributed by atoms with Gasteiger partial charge in [0.25, 0.3) is 0 Å². The Morgan fingerprint density at radius 1 is 1.18 bits per heavy atom. The molecule has 0 saturated carbocycles. The topological polar surface area (TPSA) is 52.1 Å². The van der Waals surface area contributed by atoms with Crippen molar-refractivity contribution in [1.82, 2.24) is 9.97 Å². The zero-order valence-corrected chi connectivity index (χ0v) is 13.7. The third kappa shape index (κ3) is 2.37. The Labute approximate surface area is 136 Å². The lowest BCUT2D eigenvalue weighted by Crippen LogP contribution is -2.08. The SMILES string of the molecule is COC(=O)c1nc(Br)c2c(-c3ccccc3)ccnc2c1C. The van der Waals surface area contributed by atoms with E-state index in [-0.39, 0.29) is 5.69 Å². The van der Waals surface area contributed by atoms with Crippen LogP contribution in [0.2, 0.25) is 0 Å². The fraction of sp³-hybridized carbons (Fsp3) is 0.118. The summed E-state index contributed by atoms with van der Waals surface area (Å²) in [5, 5.41) is 0.888. The number of aromatic nitrogens is 2. The Bertz CT molecular complexity index is 863. The lowest BCUT2D eigenvalue weighted by molar-refractivity contribution is 0.0593. The number of pyridine rings is 2. The van der Waals surface area contributed by atoms with Gasteiger partial charge in [-0.2, -0.15) is 0 Å². The van der Waals surface area contributed by atoms with Crippen LogP contribution < -0.4 is 0 Å². The molecule has 0 aliphatic carbocycles. The first-order valence-electron chi connectivity index (χ1n) is 6.72. The van der Waals surface area contributed by atoms with Gasteiger partial charge in [0.15, 0.2) is 5.69 Å². The molecule has 2 heterocycles. The van der Waals surface area contributed by atoms with Gasteiger partial charge >= 0.3 is 5.97 Å². The van der Waals surface area contributed by atoms with Crippen molar-refractivity contribution in [1.29, 1.82) is 0 Å². The summed E-state index contributed by atoms with van der Waals surface area (Å²) in [6.07, 6.45) is 1.74. The number of benzene rings is 1. The van der Waals surface area contributed by atoms with Crippen LogP contribution >= 0.6 is 15.9 Å². The van der Waals surface area contributed by atoms with Gasteiger partial charge in [0.05, 0.1) is 12.6 Å². The minimum atomic E-state index is -0.466. The highest BCUT2D eigenvalue weighted by molar-refractivity contribution is 9.10. The van der Waals surface area contributed by atoms with E-state index in [2.05, 4.69) is 25.9 Å². The van der Waals surface area contributed by atoms with Gasteiger partial charge in [0, 0.05) is 17.1 Å². The number of methoxy groups -OCH3 is 1. The van der Waals surface area contributed by atoms with Gasteiger partial charge in [-0.1, -0.05) is 30.3 Å². The molecule has 0 fully saturated rings. The molecule has 0 N–H and O–H groups in total. The van der Waals surface area contributed by atoms with E-state index in [1.807, 2.05) is 43.3 Å². The fourth-order valence-corrected chi connectivity index (χ4v) is 3.04. The molecule has 0 aliphatic heterocycles. The van der Waals surface area contributed by atoms with Crippen LogP contribution in [0.15, 0.2) is 47.2 Å². The molecule has 110 valence electrons. The first-order valence-corrected chi connectivity index (χ1v) is 7.51. The molecule has 0 radical (unpaired) electrons. The number of carbonyl (C=O) groups excluding carboxylic acids is 1. The first-order chi connectivity index (χ1) is 10.6. The Morgan fingerprint density at radius 2 is 1.91 bits per heavy atom. The predicted molar refractivity (Wildman–Crippen MR) is 88.8 cm³/mol. The first kappa shape index (κ1) is 14.7. The molecule has 3 rings (SSSR count). The van der Waals surface area contributed by atoms with Gasteiger partial charge < -0.3 is 4.74 Å². The number of ether oxygens (including phenoxy) is 1. The maximum absolute atomic E-state index is 11.9. The molecular weight excluding hydrogens is 344 g/mol. The number of carbonyl (C=O) groups is 1. The summed E-state index contributed by atoms with van der Waals surface area (Å²) in [5.74, 6) is -0.466. The number of halogens is 1. The Balaban J connectivity index is 2.35. The number of rotatable bonds is 2. The van der Waals surface area contributed by atoms with Gasteiger partial charge in [-0.15, -0.1) is 0 Å². The lowest BCUT2D eigenvalue weighted by atomic mass is 10.0. The van der Waals surface area contributed by atoms with Crippen LogP contribution in [0.3, 0.4) is 0 Å². The third-order valence-corrected chi connectivity index (χ3v) is 4.12. The number of esters is 1. The second kappa shape index (κ2) is 5.85. The summed E-state index contributed by atoms with van der Waals surface area (Å²) in [6, 6.07) is 12.0. The van der Waals surface area contributed by atoms with Gasteiger partial charge in [-0.25, -0.2) is 9.78 Å². The Hall–Kier alpha value is -2.27. The van der Waals surface area contributed by atoms with E-state index in [1.54, 1.807) is 6.20 Å². The number of nitrogens with zero attached hydrogens (tertiary/aromatic N) is 2. The standard InChI is InChI=1S/C17H13BrN2O2/c1-10-14-13(16(18)20-15(10)17(21)22-2)12(8-9-19-14)11-6-4-3-5-7-11/h3-9H,1-2H3. The Morgan fingerprint density at radius 3 is 2.59 bits per heavy atom. The maximum atomic E-state index is 11.9. The normalized spacial score (nSPS) is 10.7. The average Bonchev–Trinajstić information content (AvgIpc) is 2.57. The van der Waals surface area contributed by atoms with Crippen LogP contribution in [0.4, 0.5) is 0 Å². The van der Waals surface area contributed by atoms with Crippen molar-refractivity contribution >= 4 is 32.8 Å². The summed E-state index contributed by atoms with van der Waals surface area (Å²) in [5.41, 5.74) is 3.82. The number of hydrogen-bond acceptors (Lipinski definition) is 4. The molecule has 0 atom stereocenters. The number of hydrogen-bond donors (Lipinski definition) is 0. The molecule has 2 aromatic heterocycles. The van der Waals surface area contributed by atoms with Crippen LogP contribution in [-0.2, 0) is 4.74 Å². The summed E-state index contributed by atoms with van der Waals surface area (Å²) >= 11 is 3.47. The van der Waals surface area contributed by atoms with E-state index < -0.39 is 5.97 Å². The quantitative estimate of drug-likeness (QED) is 0.511. The van der Waals surface area contributed by atoms with E-state index in [9.17, 15) is 4.79 Å². The largest absolute Gasteiger partial charge is 0.464 e. The van der Waals surface area contributed by atoms with Crippen molar-refractivity contribution < 1.29 is 9.53 Å². The maximum Gasteiger partial charge on any atom is 0.357 e. The molecule has 5 heteroatoms. The molecule has 4 nitrogen and oxygen atoms in total. The lowest BCUT2D eigenvalue weighted by Gasteiger charge is -2.12. The second-order valence-electron chi connectivity index (χ2n) is 4.82. The van der Waals surface area contributed by atoms with Crippen LogP contribution in [-0.4, -0.2) is 23.0 Å². The number of fused-ring (bicyclic) bond motifs is 1. The van der Waals surface area contributed by atoms with Crippen LogP contribution in [0.25, 0.3) is 22.0 Å². The van der Waals surface area contributed by atoms with Crippen LogP contribution in [0, 0.1) is 6.92 Å². The Kier molecular flexibility index (Phi) is 3.90. The van der Waals surface area contributed by atoms with E-state index in [0.29, 0.717) is 10.2 Å². The van der Waals surface area contributed by atoms with Crippen molar-refractivity contribution in [2.24, 2.45) is 0 Å². The van der Waals surface area contributed by atoms with E-state index in [4.69, 9.17) is 4.74 Å². The second-order valence-corrected chi connectivity index (χ2v) is 5.57. The minimum absolute atomic E-state index is 0.277. The van der Waals surface area contributed by atoms with Crippen molar-refractivity contribution in [2.75, 3.05) is 7.11 Å². The summed E-state index contributed by atoms with van der Waals surface area (Å²) in [6.45, 7) is 1.83. The highest BCUT2D eigenvalue weighted by Crippen LogP contribution is 2.34. The minimum Gasteiger partial charge on any atom is -0.464 e. The average molecular weight is 357 g/mol. The van der Waals surface area contributed by atoms with Gasteiger partial charge in [-0.05, 0) is 40.0 Å². The van der Waals surface area contributed by atoms with E-state index in [0.717, 1.165) is 22.0 Å². The van der Waals surface area contributed by atoms with Crippen LogP contribution in [0.1, 0.15) is 16.1 Å². The zero-order chi connectivity index (χ0) is 15.7. The molecule has 0 saturated heterocycles.